The van der Waals surface area contributed by atoms with Crippen molar-refractivity contribution in [2.45, 2.75) is 19.8 Å². The van der Waals surface area contributed by atoms with Crippen molar-refractivity contribution in [3.8, 4) is 5.75 Å². The third-order valence-electron chi connectivity index (χ3n) is 2.34. The molecule has 1 amide bonds. The van der Waals surface area contributed by atoms with Gasteiger partial charge in [-0.1, -0.05) is 13.3 Å². The zero-order valence-corrected chi connectivity index (χ0v) is 12.1. The fourth-order valence-corrected chi connectivity index (χ4v) is 1.83. The van der Waals surface area contributed by atoms with E-state index in [1.807, 2.05) is 6.07 Å². The van der Waals surface area contributed by atoms with Crippen LogP contribution in [0.2, 0.25) is 0 Å². The van der Waals surface area contributed by atoms with Crippen molar-refractivity contribution in [1.29, 1.82) is 0 Å². The van der Waals surface area contributed by atoms with Gasteiger partial charge in [-0.2, -0.15) is 0 Å². The van der Waals surface area contributed by atoms with Gasteiger partial charge in [0.2, 0.25) is 0 Å². The van der Waals surface area contributed by atoms with Crippen molar-refractivity contribution in [1.82, 2.24) is 4.90 Å². The Morgan fingerprint density at radius 3 is 2.65 bits per heavy atom. The summed E-state index contributed by atoms with van der Waals surface area (Å²) < 4.78 is 6.42. The summed E-state index contributed by atoms with van der Waals surface area (Å²) in [5.41, 5.74) is 0.657. The Balaban J connectivity index is 2.75. The van der Waals surface area contributed by atoms with Crippen LogP contribution in [0.15, 0.2) is 22.7 Å². The first-order valence-corrected chi connectivity index (χ1v) is 6.49. The topological polar surface area (TPSA) is 29.5 Å². The average molecular weight is 300 g/mol. The summed E-state index contributed by atoms with van der Waals surface area (Å²) in [4.78, 5) is 13.3. The highest BCUT2D eigenvalue weighted by Crippen LogP contribution is 2.26. The lowest BCUT2D eigenvalue weighted by molar-refractivity contribution is 0.0827. The molecule has 17 heavy (non-hydrogen) atoms. The molecule has 1 aromatic rings. The molecule has 0 aliphatic rings. The Bertz CT molecular complexity index is 391. The Hall–Kier alpha value is -1.03. The maximum atomic E-state index is 11.7. The second kappa shape index (κ2) is 6.64. The van der Waals surface area contributed by atoms with E-state index in [2.05, 4.69) is 22.9 Å². The van der Waals surface area contributed by atoms with E-state index in [0.717, 1.165) is 23.1 Å². The lowest BCUT2D eigenvalue weighted by Gasteiger charge is -2.12. The van der Waals surface area contributed by atoms with Gasteiger partial charge in [-0.25, -0.2) is 0 Å². The molecule has 0 heterocycles. The first-order valence-electron chi connectivity index (χ1n) is 5.70. The smallest absolute Gasteiger partial charge is 0.253 e. The van der Waals surface area contributed by atoms with Crippen LogP contribution in [-0.4, -0.2) is 31.5 Å². The van der Waals surface area contributed by atoms with Crippen molar-refractivity contribution in [3.63, 3.8) is 0 Å². The van der Waals surface area contributed by atoms with Crippen molar-refractivity contribution in [2.24, 2.45) is 0 Å². The number of amides is 1. The van der Waals surface area contributed by atoms with Gasteiger partial charge in [0.1, 0.15) is 5.75 Å². The van der Waals surface area contributed by atoms with Gasteiger partial charge in [0.05, 0.1) is 11.1 Å². The maximum Gasteiger partial charge on any atom is 0.253 e. The van der Waals surface area contributed by atoms with Crippen LogP contribution in [0.4, 0.5) is 0 Å². The monoisotopic (exact) mass is 299 g/mol. The second-order valence-corrected chi connectivity index (χ2v) is 4.90. The first-order chi connectivity index (χ1) is 8.06. The van der Waals surface area contributed by atoms with Gasteiger partial charge in [-0.3, -0.25) is 4.79 Å². The molecule has 0 fully saturated rings. The van der Waals surface area contributed by atoms with Crippen molar-refractivity contribution >= 4 is 21.8 Å². The van der Waals surface area contributed by atoms with Crippen LogP contribution in [0.3, 0.4) is 0 Å². The van der Waals surface area contributed by atoms with Gasteiger partial charge in [0.15, 0.2) is 0 Å². The molecule has 1 aromatic carbocycles. The minimum Gasteiger partial charge on any atom is -0.492 e. The van der Waals surface area contributed by atoms with E-state index < -0.39 is 0 Å². The van der Waals surface area contributed by atoms with E-state index in [0.29, 0.717) is 12.2 Å². The Labute approximate surface area is 111 Å². The zero-order chi connectivity index (χ0) is 12.8. The first kappa shape index (κ1) is 14.0. The predicted molar refractivity (Wildman–Crippen MR) is 72.6 cm³/mol. The summed E-state index contributed by atoms with van der Waals surface area (Å²) in [6, 6.07) is 5.41. The Kier molecular flexibility index (Phi) is 5.48. The molecule has 0 unspecified atom stereocenters. The normalized spacial score (nSPS) is 10.1. The number of hydrogen-bond acceptors (Lipinski definition) is 2. The summed E-state index contributed by atoms with van der Waals surface area (Å²) >= 11 is 3.42. The van der Waals surface area contributed by atoms with E-state index in [9.17, 15) is 4.79 Å². The SMILES string of the molecule is CCCCOc1ccc(C(=O)N(C)C)cc1Br. The van der Waals surface area contributed by atoms with Gasteiger partial charge in [0, 0.05) is 19.7 Å². The summed E-state index contributed by atoms with van der Waals surface area (Å²) in [6.07, 6.45) is 2.14. The molecule has 0 atom stereocenters. The van der Waals surface area contributed by atoms with E-state index in [-0.39, 0.29) is 5.91 Å². The van der Waals surface area contributed by atoms with Crippen LogP contribution < -0.4 is 4.74 Å². The zero-order valence-electron chi connectivity index (χ0n) is 10.5. The Morgan fingerprint density at radius 1 is 1.41 bits per heavy atom. The van der Waals surface area contributed by atoms with Gasteiger partial charge >= 0.3 is 0 Å². The fourth-order valence-electron chi connectivity index (χ4n) is 1.34. The lowest BCUT2D eigenvalue weighted by Crippen LogP contribution is -2.21. The number of nitrogens with zero attached hydrogens (tertiary/aromatic N) is 1. The van der Waals surface area contributed by atoms with E-state index in [4.69, 9.17) is 4.74 Å². The average Bonchev–Trinajstić information content (AvgIpc) is 2.30. The third kappa shape index (κ3) is 4.04. The molecule has 94 valence electrons. The van der Waals surface area contributed by atoms with Gasteiger partial charge in [-0.15, -0.1) is 0 Å². The van der Waals surface area contributed by atoms with Gasteiger partial charge in [-0.05, 0) is 40.5 Å². The largest absolute Gasteiger partial charge is 0.492 e. The summed E-state index contributed by atoms with van der Waals surface area (Å²) in [7, 11) is 3.48. The van der Waals surface area contributed by atoms with Crippen LogP contribution in [0, 0.1) is 0 Å². The molecular weight excluding hydrogens is 282 g/mol. The van der Waals surface area contributed by atoms with Crippen LogP contribution >= 0.6 is 15.9 Å². The summed E-state index contributed by atoms with van der Waals surface area (Å²) in [6.45, 7) is 2.83. The number of hydrogen-bond donors (Lipinski definition) is 0. The molecule has 4 heteroatoms. The quantitative estimate of drug-likeness (QED) is 0.781. The molecule has 1 rings (SSSR count). The molecule has 0 bridgehead atoms. The Morgan fingerprint density at radius 2 is 2.12 bits per heavy atom. The molecule has 0 saturated carbocycles. The fraction of sp³-hybridized carbons (Fsp3) is 0.462. The number of benzene rings is 1. The summed E-state index contributed by atoms with van der Waals surface area (Å²) in [5, 5.41) is 0. The number of carbonyl (C=O) groups excluding carboxylic acids is 1. The van der Waals surface area contributed by atoms with Crippen molar-refractivity contribution in [3.05, 3.63) is 28.2 Å². The molecule has 0 saturated heterocycles. The molecule has 0 radical (unpaired) electrons. The predicted octanol–water partition coefficient (Wildman–Crippen LogP) is 3.33. The molecule has 3 nitrogen and oxygen atoms in total. The molecule has 0 aliphatic heterocycles. The maximum absolute atomic E-state index is 11.7. The molecular formula is C13H18BrNO2. The van der Waals surface area contributed by atoms with Crippen molar-refractivity contribution < 1.29 is 9.53 Å². The lowest BCUT2D eigenvalue weighted by atomic mass is 10.2. The number of ether oxygens (including phenoxy) is 1. The van der Waals surface area contributed by atoms with Crippen LogP contribution in [-0.2, 0) is 0 Å². The van der Waals surface area contributed by atoms with Gasteiger partial charge in [0.25, 0.3) is 5.91 Å². The minimum absolute atomic E-state index is 0.00851. The van der Waals surface area contributed by atoms with E-state index in [1.165, 1.54) is 0 Å². The highest BCUT2D eigenvalue weighted by atomic mass is 79.9. The van der Waals surface area contributed by atoms with Crippen LogP contribution in [0.25, 0.3) is 0 Å². The highest BCUT2D eigenvalue weighted by Gasteiger charge is 2.10. The third-order valence-corrected chi connectivity index (χ3v) is 2.96. The minimum atomic E-state index is -0.00851. The van der Waals surface area contributed by atoms with Crippen LogP contribution in [0.5, 0.6) is 5.75 Å². The molecule has 0 aliphatic carbocycles. The van der Waals surface area contributed by atoms with Crippen molar-refractivity contribution in [2.75, 3.05) is 20.7 Å². The molecule has 0 spiro atoms. The highest BCUT2D eigenvalue weighted by molar-refractivity contribution is 9.10. The number of unbranched alkanes of at least 4 members (excludes halogenated alkanes) is 1. The van der Waals surface area contributed by atoms with E-state index in [1.54, 1.807) is 31.1 Å². The summed E-state index contributed by atoms with van der Waals surface area (Å²) in [5.74, 6) is 0.777. The van der Waals surface area contributed by atoms with Crippen LogP contribution in [0.1, 0.15) is 30.1 Å². The number of carbonyl (C=O) groups is 1. The van der Waals surface area contributed by atoms with Gasteiger partial charge < -0.3 is 9.64 Å². The molecule has 0 aromatic heterocycles. The standard InChI is InChI=1S/C13H18BrNO2/c1-4-5-8-17-12-7-6-10(9-11(12)14)13(16)15(2)3/h6-7,9H,4-5,8H2,1-3H3. The number of halogens is 1. The van der Waals surface area contributed by atoms with E-state index >= 15 is 0 Å². The molecule has 0 N–H and O–H groups in total. The second-order valence-electron chi connectivity index (χ2n) is 4.05. The number of rotatable bonds is 5.